The molecular weight excluding hydrogens is 254 g/mol. The van der Waals surface area contributed by atoms with Gasteiger partial charge in [-0.2, -0.15) is 0 Å². The lowest BCUT2D eigenvalue weighted by Gasteiger charge is -2.09. The number of nitrogens with one attached hydrogen (secondary N) is 1. The summed E-state index contributed by atoms with van der Waals surface area (Å²) in [6.07, 6.45) is 3.71. The smallest absolute Gasteiger partial charge is 0.127 e. The van der Waals surface area contributed by atoms with Crippen molar-refractivity contribution >= 4 is 15.9 Å². The van der Waals surface area contributed by atoms with E-state index in [1.54, 1.807) is 0 Å². The molecule has 1 fully saturated rings. The summed E-state index contributed by atoms with van der Waals surface area (Å²) in [6, 6.07) is 5.09. The molecule has 0 unspecified atom stereocenters. The highest BCUT2D eigenvalue weighted by molar-refractivity contribution is 9.10. The number of rotatable bonds is 3. The van der Waals surface area contributed by atoms with Crippen molar-refractivity contribution in [1.29, 1.82) is 0 Å². The molecule has 15 heavy (non-hydrogen) atoms. The first kappa shape index (κ1) is 9.67. The van der Waals surface area contributed by atoms with Crippen LogP contribution in [0.15, 0.2) is 16.6 Å². The molecule has 0 bridgehead atoms. The highest BCUT2D eigenvalue weighted by Gasteiger charge is 2.22. The van der Waals surface area contributed by atoms with Crippen LogP contribution >= 0.6 is 15.9 Å². The van der Waals surface area contributed by atoms with Crippen molar-refractivity contribution in [3.8, 4) is 5.75 Å². The van der Waals surface area contributed by atoms with E-state index in [1.165, 1.54) is 28.4 Å². The number of fused-ring (bicyclic) bond motifs is 1. The molecule has 1 aromatic carbocycles. The van der Waals surface area contributed by atoms with Gasteiger partial charge in [-0.05, 0) is 30.5 Å². The van der Waals surface area contributed by atoms with Crippen molar-refractivity contribution in [1.82, 2.24) is 5.32 Å². The number of hydrogen-bond acceptors (Lipinski definition) is 2. The molecule has 3 rings (SSSR count). The predicted octanol–water partition coefficient (Wildman–Crippen LogP) is 2.64. The zero-order valence-corrected chi connectivity index (χ0v) is 10.1. The summed E-state index contributed by atoms with van der Waals surface area (Å²) >= 11 is 3.56. The first-order chi connectivity index (χ1) is 7.33. The van der Waals surface area contributed by atoms with Crippen molar-refractivity contribution in [3.63, 3.8) is 0 Å². The van der Waals surface area contributed by atoms with Crippen LogP contribution in [0.5, 0.6) is 5.75 Å². The van der Waals surface area contributed by atoms with Crippen LogP contribution in [0.1, 0.15) is 24.0 Å². The molecule has 1 heterocycles. The van der Waals surface area contributed by atoms with Gasteiger partial charge in [-0.3, -0.25) is 0 Å². The van der Waals surface area contributed by atoms with E-state index in [4.69, 9.17) is 4.74 Å². The number of hydrogen-bond donors (Lipinski definition) is 1. The molecule has 1 aliphatic heterocycles. The Labute approximate surface area is 98.1 Å². The summed E-state index contributed by atoms with van der Waals surface area (Å²) in [5.74, 6) is 1.12. The summed E-state index contributed by atoms with van der Waals surface area (Å²) in [7, 11) is 0. The van der Waals surface area contributed by atoms with Crippen LogP contribution in [0.3, 0.4) is 0 Å². The van der Waals surface area contributed by atoms with Crippen molar-refractivity contribution in [2.45, 2.75) is 31.8 Å². The molecule has 1 saturated carbocycles. The van der Waals surface area contributed by atoms with Crippen LogP contribution in [-0.4, -0.2) is 12.6 Å². The minimum absolute atomic E-state index is 0.751. The average molecular weight is 268 g/mol. The van der Waals surface area contributed by atoms with Crippen LogP contribution in [0.25, 0.3) is 0 Å². The van der Waals surface area contributed by atoms with Crippen molar-refractivity contribution in [3.05, 3.63) is 27.7 Å². The summed E-state index contributed by atoms with van der Waals surface area (Å²) in [5.41, 5.74) is 2.64. The van der Waals surface area contributed by atoms with Gasteiger partial charge in [-0.15, -0.1) is 0 Å². The molecule has 3 heteroatoms. The number of benzene rings is 1. The average Bonchev–Trinajstić information content (AvgIpc) is 2.92. The van der Waals surface area contributed by atoms with Gasteiger partial charge in [0.15, 0.2) is 0 Å². The molecule has 0 radical (unpaired) electrons. The van der Waals surface area contributed by atoms with Crippen molar-refractivity contribution in [2.24, 2.45) is 0 Å². The standard InChI is InChI=1S/C12H14BrNO/c13-10-5-8-3-4-15-12(8)9(6-10)7-14-11-1-2-11/h5-6,11,14H,1-4,7H2. The Balaban J connectivity index is 1.84. The molecule has 1 N–H and O–H groups in total. The van der Waals surface area contributed by atoms with Gasteiger partial charge in [0, 0.05) is 29.0 Å². The monoisotopic (exact) mass is 267 g/mol. The first-order valence-corrected chi connectivity index (χ1v) is 6.30. The summed E-state index contributed by atoms with van der Waals surface area (Å²) in [6.45, 7) is 1.77. The zero-order chi connectivity index (χ0) is 10.3. The third-order valence-electron chi connectivity index (χ3n) is 2.98. The van der Waals surface area contributed by atoms with E-state index in [1.807, 2.05) is 0 Å². The molecule has 0 saturated heterocycles. The Morgan fingerprint density at radius 3 is 3.07 bits per heavy atom. The summed E-state index contributed by atoms with van der Waals surface area (Å²) in [4.78, 5) is 0. The molecule has 80 valence electrons. The Morgan fingerprint density at radius 1 is 1.40 bits per heavy atom. The van der Waals surface area contributed by atoms with Gasteiger partial charge in [0.25, 0.3) is 0 Å². The Hall–Kier alpha value is -0.540. The Morgan fingerprint density at radius 2 is 2.27 bits per heavy atom. The molecule has 0 aromatic heterocycles. The molecular formula is C12H14BrNO. The van der Waals surface area contributed by atoms with E-state index in [0.717, 1.165) is 31.4 Å². The lowest BCUT2D eigenvalue weighted by molar-refractivity contribution is 0.352. The highest BCUT2D eigenvalue weighted by Crippen LogP contribution is 2.33. The molecule has 0 amide bonds. The second kappa shape index (κ2) is 3.80. The topological polar surface area (TPSA) is 21.3 Å². The minimum atomic E-state index is 0.751. The lowest BCUT2D eigenvalue weighted by Crippen LogP contribution is -2.15. The van der Waals surface area contributed by atoms with Gasteiger partial charge >= 0.3 is 0 Å². The third-order valence-corrected chi connectivity index (χ3v) is 3.44. The summed E-state index contributed by atoms with van der Waals surface area (Å²) < 4.78 is 6.84. The summed E-state index contributed by atoms with van der Waals surface area (Å²) in [5, 5.41) is 3.53. The lowest BCUT2D eigenvalue weighted by atomic mass is 10.1. The molecule has 2 aliphatic rings. The molecule has 2 nitrogen and oxygen atoms in total. The van der Waals surface area contributed by atoms with E-state index in [-0.39, 0.29) is 0 Å². The second-order valence-electron chi connectivity index (χ2n) is 4.31. The maximum absolute atomic E-state index is 5.68. The quantitative estimate of drug-likeness (QED) is 0.909. The molecule has 1 aromatic rings. The van der Waals surface area contributed by atoms with Crippen molar-refractivity contribution < 1.29 is 4.74 Å². The van der Waals surface area contributed by atoms with Crippen LogP contribution < -0.4 is 10.1 Å². The van der Waals surface area contributed by atoms with E-state index in [2.05, 4.69) is 33.4 Å². The van der Waals surface area contributed by atoms with Crippen molar-refractivity contribution in [2.75, 3.05) is 6.61 Å². The fourth-order valence-corrected chi connectivity index (χ4v) is 2.57. The normalized spacial score (nSPS) is 18.7. The van der Waals surface area contributed by atoms with Crippen LogP contribution in [-0.2, 0) is 13.0 Å². The van der Waals surface area contributed by atoms with Crippen LogP contribution in [0, 0.1) is 0 Å². The first-order valence-electron chi connectivity index (χ1n) is 5.50. The molecule has 0 spiro atoms. The van der Waals surface area contributed by atoms with E-state index >= 15 is 0 Å². The largest absolute Gasteiger partial charge is 0.493 e. The maximum Gasteiger partial charge on any atom is 0.127 e. The van der Waals surface area contributed by atoms with E-state index in [9.17, 15) is 0 Å². The van der Waals surface area contributed by atoms with Gasteiger partial charge in [0.2, 0.25) is 0 Å². The minimum Gasteiger partial charge on any atom is -0.493 e. The van der Waals surface area contributed by atoms with E-state index in [0.29, 0.717) is 0 Å². The predicted molar refractivity (Wildman–Crippen MR) is 63.2 cm³/mol. The van der Waals surface area contributed by atoms with Gasteiger partial charge in [0.1, 0.15) is 5.75 Å². The van der Waals surface area contributed by atoms with Gasteiger partial charge in [-0.1, -0.05) is 15.9 Å². The number of halogens is 1. The fraction of sp³-hybridized carbons (Fsp3) is 0.500. The van der Waals surface area contributed by atoms with Gasteiger partial charge in [-0.25, -0.2) is 0 Å². The highest BCUT2D eigenvalue weighted by atomic mass is 79.9. The molecule has 0 atom stereocenters. The SMILES string of the molecule is Brc1cc2c(c(CNC3CC3)c1)OCC2. The van der Waals surface area contributed by atoms with Crippen LogP contribution in [0.2, 0.25) is 0 Å². The zero-order valence-electron chi connectivity index (χ0n) is 8.55. The fourth-order valence-electron chi connectivity index (χ4n) is 2.02. The Kier molecular flexibility index (Phi) is 2.45. The number of ether oxygens (including phenoxy) is 1. The third kappa shape index (κ3) is 2.04. The van der Waals surface area contributed by atoms with Crippen LogP contribution in [0.4, 0.5) is 0 Å². The van der Waals surface area contributed by atoms with E-state index < -0.39 is 0 Å². The molecule has 1 aliphatic carbocycles. The van der Waals surface area contributed by atoms with Gasteiger partial charge in [0.05, 0.1) is 6.61 Å². The van der Waals surface area contributed by atoms with Gasteiger partial charge < -0.3 is 10.1 Å². The second-order valence-corrected chi connectivity index (χ2v) is 5.22. The Bertz CT molecular complexity index is 387. The maximum atomic E-state index is 5.68.